The number of piperidine rings is 2. The van der Waals surface area contributed by atoms with E-state index in [1.165, 1.54) is 32.1 Å². The van der Waals surface area contributed by atoms with Crippen LogP contribution < -0.4 is 25.4 Å². The lowest BCUT2D eigenvalue weighted by Crippen LogP contribution is -2.60. The Hall–Kier alpha value is -3.96. The van der Waals surface area contributed by atoms with Crippen LogP contribution in [0.15, 0.2) is 30.3 Å². The second-order valence-electron chi connectivity index (χ2n) is 17.1. The molecule has 0 radical (unpaired) electrons. The van der Waals surface area contributed by atoms with E-state index in [0.29, 0.717) is 62.8 Å². The van der Waals surface area contributed by atoms with Crippen molar-refractivity contribution in [2.75, 3.05) is 60.6 Å². The van der Waals surface area contributed by atoms with Gasteiger partial charge in [0.1, 0.15) is 17.7 Å². The van der Waals surface area contributed by atoms with E-state index < -0.39 is 30.1 Å². The molecule has 4 fully saturated rings. The van der Waals surface area contributed by atoms with Crippen molar-refractivity contribution in [2.24, 2.45) is 11.8 Å². The predicted octanol–water partition coefficient (Wildman–Crippen LogP) is 3.58. The molecule has 3 N–H and O–H groups in total. The van der Waals surface area contributed by atoms with Gasteiger partial charge in [0.15, 0.2) is 19.4 Å². The number of carbonyl (C=O) groups excluding carboxylic acids is 4. The fourth-order valence-electron chi connectivity index (χ4n) is 10.3. The van der Waals surface area contributed by atoms with E-state index in [1.54, 1.807) is 25.2 Å². The predicted molar refractivity (Wildman–Crippen MR) is 216 cm³/mol. The Kier molecular flexibility index (Phi) is 13.6. The number of fused-ring (bicyclic) bond motifs is 2. The van der Waals surface area contributed by atoms with Gasteiger partial charge < -0.3 is 34.5 Å². The molecule has 2 aromatic carbocycles. The number of ketones is 1. The third-order valence-electron chi connectivity index (χ3n) is 13.1. The molecule has 6 aliphatic rings. The average Bonchev–Trinajstić information content (AvgIpc) is 3.79. The van der Waals surface area contributed by atoms with E-state index in [0.717, 1.165) is 54.0 Å². The number of nitrogens with zero attached hydrogens (tertiary/aromatic N) is 3. The van der Waals surface area contributed by atoms with Crippen LogP contribution in [-0.2, 0) is 48.2 Å². The smallest absolute Gasteiger partial charge is 0.256 e. The summed E-state index contributed by atoms with van der Waals surface area (Å²) in [5.74, 6) is 1.33. The Bertz CT molecular complexity index is 1840. The van der Waals surface area contributed by atoms with Gasteiger partial charge in [-0.05, 0) is 68.2 Å². The van der Waals surface area contributed by atoms with Crippen LogP contribution in [0, 0.1) is 11.8 Å². The van der Waals surface area contributed by atoms with Gasteiger partial charge in [0.05, 0.1) is 31.8 Å². The average molecular weight is 817 g/mol. The number of hydroxylamine groups is 2. The largest absolute Gasteiger partial charge is 0.467 e. The number of benzene rings is 2. The van der Waals surface area contributed by atoms with Crippen LogP contribution in [-0.4, -0.2) is 117 Å². The van der Waals surface area contributed by atoms with E-state index in [2.05, 4.69) is 26.9 Å². The molecule has 15 nitrogen and oxygen atoms in total. The van der Waals surface area contributed by atoms with Gasteiger partial charge in [-0.3, -0.25) is 34.2 Å². The lowest BCUT2D eigenvalue weighted by Gasteiger charge is -2.45. The van der Waals surface area contributed by atoms with Crippen LogP contribution in [0.2, 0.25) is 0 Å². The first kappa shape index (κ1) is 41.8. The summed E-state index contributed by atoms with van der Waals surface area (Å²) in [5, 5.41) is 11.6. The first-order valence-corrected chi connectivity index (χ1v) is 21.6. The van der Waals surface area contributed by atoms with E-state index in [-0.39, 0.29) is 50.1 Å². The highest BCUT2D eigenvalue weighted by molar-refractivity contribution is 6.02. The molecular formula is C44H60N6O9. The standard InChI is InChI=1S/C44H60N6O9/c1-55-26-57-39-18-30-23-48(59-25-28-8-4-3-5-9-28)24-36(30)42(58-27-56-2)35(39)19-31-16-29(12-13-46-31)17-38(51)37-22-45-14-15-49(37)43-33-10-6-7-11-34(33)44(54)50(43)32-20-40(52)47-41(53)21-32/h6-7,10-11,18,28-29,31-32,37,43,45-46H,3-5,8-9,12-17,19-27H2,1-2H3,(H,47,52,53). The second kappa shape index (κ2) is 19.2. The van der Waals surface area contributed by atoms with Crippen LogP contribution in [0.1, 0.15) is 103 Å². The van der Waals surface area contributed by atoms with Gasteiger partial charge in [0, 0.05) is 81.4 Å². The van der Waals surface area contributed by atoms with Crippen molar-refractivity contribution in [3.05, 3.63) is 58.1 Å². The summed E-state index contributed by atoms with van der Waals surface area (Å²) >= 11 is 0. The summed E-state index contributed by atoms with van der Waals surface area (Å²) in [6, 6.07) is 8.53. The first-order valence-electron chi connectivity index (χ1n) is 21.6. The first-order chi connectivity index (χ1) is 28.8. The van der Waals surface area contributed by atoms with Crippen LogP contribution >= 0.6 is 0 Å². The summed E-state index contributed by atoms with van der Waals surface area (Å²) in [4.78, 5) is 63.8. The third kappa shape index (κ3) is 9.36. The number of hydrogen-bond donors (Lipinski definition) is 3. The molecule has 0 spiro atoms. The number of hydrogen-bond acceptors (Lipinski definition) is 13. The highest BCUT2D eigenvalue weighted by Gasteiger charge is 2.49. The molecule has 2 aromatic rings. The Morgan fingerprint density at radius 2 is 1.68 bits per heavy atom. The van der Waals surface area contributed by atoms with Crippen molar-refractivity contribution in [2.45, 2.75) is 108 Å². The highest BCUT2D eigenvalue weighted by Crippen LogP contribution is 2.43. The minimum absolute atomic E-state index is 0.0380. The van der Waals surface area contributed by atoms with E-state index in [1.807, 2.05) is 23.3 Å². The van der Waals surface area contributed by atoms with Crippen molar-refractivity contribution >= 4 is 23.5 Å². The van der Waals surface area contributed by atoms with Crippen LogP contribution in [0.5, 0.6) is 11.5 Å². The minimum atomic E-state index is -0.594. The molecule has 4 unspecified atom stereocenters. The lowest BCUT2D eigenvalue weighted by atomic mass is 9.84. The Labute approximate surface area is 346 Å². The van der Waals surface area contributed by atoms with Crippen LogP contribution in [0.3, 0.4) is 0 Å². The van der Waals surface area contributed by atoms with Crippen LogP contribution in [0.25, 0.3) is 0 Å². The maximum atomic E-state index is 14.5. The fourth-order valence-corrected chi connectivity index (χ4v) is 10.3. The zero-order valence-electron chi connectivity index (χ0n) is 34.5. The summed E-state index contributed by atoms with van der Waals surface area (Å²) in [5.41, 5.74) is 4.49. The highest BCUT2D eigenvalue weighted by atomic mass is 16.7. The number of carbonyl (C=O) groups is 4. The summed E-state index contributed by atoms with van der Waals surface area (Å²) in [6.45, 7) is 4.57. The van der Waals surface area contributed by atoms with Gasteiger partial charge in [-0.25, -0.2) is 0 Å². The summed E-state index contributed by atoms with van der Waals surface area (Å²) in [6.07, 6.45) is 8.48. The van der Waals surface area contributed by atoms with Crippen LogP contribution in [0.4, 0.5) is 0 Å². The van der Waals surface area contributed by atoms with Crippen molar-refractivity contribution < 1.29 is 43.0 Å². The fraction of sp³-hybridized carbons (Fsp3) is 0.636. The number of ether oxygens (including phenoxy) is 4. The molecule has 8 rings (SSSR count). The molecule has 0 aromatic heterocycles. The van der Waals surface area contributed by atoms with E-state index >= 15 is 0 Å². The molecule has 0 bridgehead atoms. The normalized spacial score (nSPS) is 25.9. The van der Waals surface area contributed by atoms with Crippen molar-refractivity contribution in [3.8, 4) is 11.5 Å². The maximum Gasteiger partial charge on any atom is 0.256 e. The Morgan fingerprint density at radius 1 is 0.898 bits per heavy atom. The number of methoxy groups -OCH3 is 2. The van der Waals surface area contributed by atoms with Gasteiger partial charge in [0.2, 0.25) is 11.8 Å². The number of piperazine rings is 1. The monoisotopic (exact) mass is 816 g/mol. The van der Waals surface area contributed by atoms with Gasteiger partial charge in [-0.1, -0.05) is 37.5 Å². The minimum Gasteiger partial charge on any atom is -0.467 e. The molecule has 59 heavy (non-hydrogen) atoms. The molecule has 3 saturated heterocycles. The molecule has 5 aliphatic heterocycles. The molecule has 4 atom stereocenters. The number of nitrogens with one attached hydrogen (secondary N) is 3. The lowest BCUT2D eigenvalue weighted by molar-refractivity contribution is -0.178. The van der Waals surface area contributed by atoms with Gasteiger partial charge in [0.25, 0.3) is 5.91 Å². The van der Waals surface area contributed by atoms with E-state index in [9.17, 15) is 19.2 Å². The summed E-state index contributed by atoms with van der Waals surface area (Å²) in [7, 11) is 3.23. The number of rotatable bonds is 16. The third-order valence-corrected chi connectivity index (χ3v) is 13.1. The van der Waals surface area contributed by atoms with Gasteiger partial charge in [-0.2, -0.15) is 5.06 Å². The Balaban J connectivity index is 0.983. The molecular weight excluding hydrogens is 757 g/mol. The molecule has 1 aliphatic carbocycles. The molecule has 1 saturated carbocycles. The van der Waals surface area contributed by atoms with Crippen molar-refractivity contribution in [1.82, 2.24) is 30.8 Å². The Morgan fingerprint density at radius 3 is 2.47 bits per heavy atom. The zero-order chi connectivity index (χ0) is 40.9. The molecule has 5 heterocycles. The topological polar surface area (TPSA) is 160 Å². The number of amides is 3. The second-order valence-corrected chi connectivity index (χ2v) is 17.1. The zero-order valence-corrected chi connectivity index (χ0v) is 34.5. The quantitative estimate of drug-likeness (QED) is 0.167. The number of Topliss-reactive ketones (excluding diaryl/α,β-unsaturated/α-hetero) is 1. The SMILES string of the molecule is COCOc1cc2c(c(OCOC)c1CC1CC(CC(=O)C3CNCCN3C3c4ccccc4C(=O)N3C3CC(=O)NC(=O)C3)CCN1)CN(OCC1CCCCC1)C2. The van der Waals surface area contributed by atoms with Gasteiger partial charge >= 0.3 is 0 Å². The van der Waals surface area contributed by atoms with E-state index in [4.69, 9.17) is 23.8 Å². The molecule has 320 valence electrons. The molecule has 15 heteroatoms. The van der Waals surface area contributed by atoms with Crippen molar-refractivity contribution in [1.29, 1.82) is 0 Å². The molecule has 3 amide bonds. The van der Waals surface area contributed by atoms with Gasteiger partial charge in [-0.15, -0.1) is 0 Å². The van der Waals surface area contributed by atoms with Crippen molar-refractivity contribution in [3.63, 3.8) is 0 Å². The summed E-state index contributed by atoms with van der Waals surface area (Å²) < 4.78 is 23.4. The number of imide groups is 1. The maximum absolute atomic E-state index is 14.5.